The topological polar surface area (TPSA) is 0 Å². The Bertz CT molecular complexity index is 459. The third-order valence-electron chi connectivity index (χ3n) is 3.83. The molecule has 1 heteroatoms. The Balaban J connectivity index is 2.97. The highest BCUT2D eigenvalue weighted by Crippen LogP contribution is 2.29. The smallest absolute Gasteiger partial charge is 0.127 e. The van der Waals surface area contributed by atoms with Gasteiger partial charge in [0, 0.05) is 0 Å². The minimum Gasteiger partial charge on any atom is -0.207 e. The van der Waals surface area contributed by atoms with Crippen molar-refractivity contribution in [3.05, 3.63) is 53.4 Å². The molecule has 0 aliphatic carbocycles. The van der Waals surface area contributed by atoms with Crippen LogP contribution in [0.4, 0.5) is 4.39 Å². The number of aryl methyl sites for hydroxylation is 1. The van der Waals surface area contributed by atoms with E-state index >= 15 is 0 Å². The molecule has 0 nitrogen and oxygen atoms in total. The molecule has 104 valence electrons. The first-order valence-electron chi connectivity index (χ1n) is 7.05. The van der Waals surface area contributed by atoms with Crippen LogP contribution in [0.15, 0.2) is 30.9 Å². The van der Waals surface area contributed by atoms with Crippen molar-refractivity contribution >= 4 is 5.57 Å². The normalized spacial score (nSPS) is 12.3. The van der Waals surface area contributed by atoms with Crippen molar-refractivity contribution in [3.63, 3.8) is 0 Å². The van der Waals surface area contributed by atoms with E-state index in [0.717, 1.165) is 41.5 Å². The number of hydrogen-bond acceptors (Lipinski definition) is 0. The van der Waals surface area contributed by atoms with Crippen molar-refractivity contribution < 1.29 is 4.39 Å². The Morgan fingerprint density at radius 1 is 1.26 bits per heavy atom. The summed E-state index contributed by atoms with van der Waals surface area (Å²) in [6.45, 7) is 16.4. The summed E-state index contributed by atoms with van der Waals surface area (Å²) >= 11 is 0. The molecule has 0 heterocycles. The Hall–Kier alpha value is -1.37. The summed E-state index contributed by atoms with van der Waals surface area (Å²) < 4.78 is 14.0. The van der Waals surface area contributed by atoms with E-state index in [1.165, 1.54) is 5.57 Å². The van der Waals surface area contributed by atoms with Gasteiger partial charge in [-0.3, -0.25) is 0 Å². The number of halogens is 1. The van der Waals surface area contributed by atoms with Gasteiger partial charge in [-0.05, 0) is 60.4 Å². The summed E-state index contributed by atoms with van der Waals surface area (Å²) in [6.07, 6.45) is 2.64. The van der Waals surface area contributed by atoms with E-state index in [0.29, 0.717) is 5.92 Å². The van der Waals surface area contributed by atoms with Gasteiger partial charge < -0.3 is 0 Å². The van der Waals surface area contributed by atoms with Gasteiger partial charge in [0.25, 0.3) is 0 Å². The SMILES string of the molecule is C=C(CC)CC(C)C(=C)c1cc(C)c(CC)c(F)c1. The van der Waals surface area contributed by atoms with E-state index in [-0.39, 0.29) is 5.82 Å². The van der Waals surface area contributed by atoms with Gasteiger partial charge in [0.05, 0.1) is 0 Å². The lowest BCUT2D eigenvalue weighted by atomic mass is 9.88. The van der Waals surface area contributed by atoms with Gasteiger partial charge in [-0.15, -0.1) is 0 Å². The highest BCUT2D eigenvalue weighted by atomic mass is 19.1. The van der Waals surface area contributed by atoms with Gasteiger partial charge in [-0.2, -0.15) is 0 Å². The Kier molecular flexibility index (Phi) is 5.53. The van der Waals surface area contributed by atoms with Gasteiger partial charge in [-0.25, -0.2) is 4.39 Å². The number of allylic oxidation sites excluding steroid dienone is 2. The van der Waals surface area contributed by atoms with Gasteiger partial charge in [-0.1, -0.05) is 45.6 Å². The molecule has 0 saturated heterocycles. The summed E-state index contributed by atoms with van der Waals surface area (Å²) in [7, 11) is 0. The highest BCUT2D eigenvalue weighted by molar-refractivity contribution is 5.66. The molecule has 1 aromatic rings. The van der Waals surface area contributed by atoms with Crippen molar-refractivity contribution in [1.29, 1.82) is 0 Å². The minimum absolute atomic E-state index is 0.111. The largest absolute Gasteiger partial charge is 0.207 e. The van der Waals surface area contributed by atoms with Crippen LogP contribution in [0.1, 0.15) is 50.3 Å². The molecule has 1 unspecified atom stereocenters. The maximum Gasteiger partial charge on any atom is 0.127 e. The van der Waals surface area contributed by atoms with E-state index in [9.17, 15) is 4.39 Å². The van der Waals surface area contributed by atoms with Gasteiger partial charge in [0.1, 0.15) is 5.82 Å². The Morgan fingerprint density at radius 3 is 2.37 bits per heavy atom. The Labute approximate surface area is 117 Å². The zero-order chi connectivity index (χ0) is 14.6. The molecule has 0 aliphatic heterocycles. The molecule has 0 bridgehead atoms. The fourth-order valence-electron chi connectivity index (χ4n) is 2.39. The molecule has 19 heavy (non-hydrogen) atoms. The lowest BCUT2D eigenvalue weighted by Crippen LogP contribution is -2.02. The van der Waals surface area contributed by atoms with Crippen molar-refractivity contribution in [3.8, 4) is 0 Å². The maximum atomic E-state index is 14.0. The van der Waals surface area contributed by atoms with Crippen molar-refractivity contribution in [1.82, 2.24) is 0 Å². The van der Waals surface area contributed by atoms with Crippen LogP contribution >= 0.6 is 0 Å². The van der Waals surface area contributed by atoms with E-state index in [1.54, 1.807) is 6.07 Å². The van der Waals surface area contributed by atoms with E-state index < -0.39 is 0 Å². The second kappa shape index (κ2) is 6.70. The number of hydrogen-bond donors (Lipinski definition) is 0. The zero-order valence-electron chi connectivity index (χ0n) is 12.6. The van der Waals surface area contributed by atoms with Crippen molar-refractivity contribution in [2.45, 2.75) is 47.0 Å². The molecule has 1 rings (SSSR count). The second-order valence-electron chi connectivity index (χ2n) is 5.34. The predicted molar refractivity (Wildman–Crippen MR) is 82.8 cm³/mol. The van der Waals surface area contributed by atoms with Gasteiger partial charge in [0.15, 0.2) is 0 Å². The van der Waals surface area contributed by atoms with Crippen LogP contribution in [0.25, 0.3) is 5.57 Å². The van der Waals surface area contributed by atoms with Crippen LogP contribution in [0, 0.1) is 18.7 Å². The fraction of sp³-hybridized carbons (Fsp3) is 0.444. The monoisotopic (exact) mass is 260 g/mol. The van der Waals surface area contributed by atoms with Crippen LogP contribution < -0.4 is 0 Å². The lowest BCUT2D eigenvalue weighted by Gasteiger charge is -2.17. The average molecular weight is 260 g/mol. The fourth-order valence-corrected chi connectivity index (χ4v) is 2.39. The zero-order valence-corrected chi connectivity index (χ0v) is 12.6. The maximum absolute atomic E-state index is 14.0. The standard InChI is InChI=1S/C18H25F/c1-7-12(3)9-13(4)15(6)16-10-14(5)17(8-2)18(19)11-16/h10-11,13H,3,6-9H2,1-2,4-5H3. The van der Waals surface area contributed by atoms with E-state index in [4.69, 9.17) is 0 Å². The summed E-state index contributed by atoms with van der Waals surface area (Å²) in [5.74, 6) is 0.193. The van der Waals surface area contributed by atoms with Crippen LogP contribution in [-0.4, -0.2) is 0 Å². The third-order valence-corrected chi connectivity index (χ3v) is 3.83. The van der Waals surface area contributed by atoms with Crippen LogP contribution in [0.5, 0.6) is 0 Å². The van der Waals surface area contributed by atoms with Crippen LogP contribution in [-0.2, 0) is 6.42 Å². The first-order valence-corrected chi connectivity index (χ1v) is 7.05. The molecule has 0 N–H and O–H groups in total. The molecule has 1 atom stereocenters. The number of rotatable bonds is 6. The van der Waals surface area contributed by atoms with Crippen LogP contribution in [0.3, 0.4) is 0 Å². The summed E-state index contributed by atoms with van der Waals surface area (Å²) in [4.78, 5) is 0. The molecular weight excluding hydrogens is 235 g/mol. The summed E-state index contributed by atoms with van der Waals surface area (Å²) in [5, 5.41) is 0. The lowest BCUT2D eigenvalue weighted by molar-refractivity contribution is 0.609. The van der Waals surface area contributed by atoms with Crippen LogP contribution in [0.2, 0.25) is 0 Å². The Morgan fingerprint density at radius 2 is 1.89 bits per heavy atom. The predicted octanol–water partition coefficient (Wildman–Crippen LogP) is 5.70. The van der Waals surface area contributed by atoms with E-state index in [2.05, 4.69) is 33.1 Å². The highest BCUT2D eigenvalue weighted by Gasteiger charge is 2.13. The first kappa shape index (κ1) is 15.7. The molecule has 0 radical (unpaired) electrons. The van der Waals surface area contributed by atoms with Crippen molar-refractivity contribution in [2.24, 2.45) is 5.92 Å². The third kappa shape index (κ3) is 3.79. The van der Waals surface area contributed by atoms with Gasteiger partial charge in [0.2, 0.25) is 0 Å². The minimum atomic E-state index is -0.111. The quantitative estimate of drug-likeness (QED) is 0.575. The molecule has 0 saturated carbocycles. The average Bonchev–Trinajstić information content (AvgIpc) is 2.37. The summed E-state index contributed by atoms with van der Waals surface area (Å²) in [6, 6.07) is 3.68. The summed E-state index contributed by atoms with van der Waals surface area (Å²) in [5.41, 5.74) is 4.96. The molecule has 0 spiro atoms. The molecule has 0 aliphatic rings. The van der Waals surface area contributed by atoms with Gasteiger partial charge >= 0.3 is 0 Å². The molecule has 0 aromatic heterocycles. The first-order chi connectivity index (χ1) is 8.90. The number of benzene rings is 1. The molecule has 1 aromatic carbocycles. The molecule has 0 amide bonds. The van der Waals surface area contributed by atoms with Crippen molar-refractivity contribution in [2.75, 3.05) is 0 Å². The molecule has 0 fully saturated rings. The van der Waals surface area contributed by atoms with E-state index in [1.807, 2.05) is 13.8 Å². The molecular formula is C18H25F. The second-order valence-corrected chi connectivity index (χ2v) is 5.34.